The average Bonchev–Trinajstić information content (AvgIpc) is 2.88. The van der Waals surface area contributed by atoms with E-state index in [-0.39, 0.29) is 18.1 Å². The van der Waals surface area contributed by atoms with Gasteiger partial charge in [0.2, 0.25) is 5.91 Å². The van der Waals surface area contributed by atoms with Crippen LogP contribution in [0.1, 0.15) is 5.69 Å². The predicted molar refractivity (Wildman–Crippen MR) is 85.5 cm³/mol. The number of fused-ring (bicyclic) bond motifs is 1. The number of ether oxygens (including phenoxy) is 1. The number of aromatic nitrogens is 2. The fourth-order valence-corrected chi connectivity index (χ4v) is 2.41. The molecule has 1 aromatic carbocycles. The Morgan fingerprint density at radius 2 is 2.17 bits per heavy atom. The lowest BCUT2D eigenvalue weighted by atomic mass is 10.2. The Morgan fingerprint density at radius 3 is 2.96 bits per heavy atom. The summed E-state index contributed by atoms with van der Waals surface area (Å²) in [4.78, 5) is 16.4. The first kappa shape index (κ1) is 15.3. The van der Waals surface area contributed by atoms with Gasteiger partial charge < -0.3 is 14.5 Å². The van der Waals surface area contributed by atoms with Crippen molar-refractivity contribution >= 4 is 28.8 Å². The number of hydrogen-bond acceptors (Lipinski definition) is 3. The highest BCUT2D eigenvalue weighted by Gasteiger charge is 2.11. The van der Waals surface area contributed by atoms with E-state index in [0.29, 0.717) is 27.8 Å². The normalized spacial score (nSPS) is 10.7. The van der Waals surface area contributed by atoms with Crippen LogP contribution in [0.15, 0.2) is 42.7 Å². The third-order valence-corrected chi connectivity index (χ3v) is 3.48. The molecule has 5 nitrogen and oxygen atoms in total. The summed E-state index contributed by atoms with van der Waals surface area (Å²) in [5.74, 6) is -0.121. The van der Waals surface area contributed by atoms with Gasteiger partial charge in [0.15, 0.2) is 0 Å². The van der Waals surface area contributed by atoms with Gasteiger partial charge in [0, 0.05) is 17.4 Å². The lowest BCUT2D eigenvalue weighted by Gasteiger charge is -2.09. The zero-order valence-electron chi connectivity index (χ0n) is 12.2. The molecule has 3 rings (SSSR count). The van der Waals surface area contributed by atoms with Gasteiger partial charge in [0.1, 0.15) is 17.2 Å². The minimum atomic E-state index is -0.366. The molecule has 0 atom stereocenters. The van der Waals surface area contributed by atoms with Gasteiger partial charge in [0.05, 0.1) is 24.9 Å². The zero-order valence-corrected chi connectivity index (χ0v) is 13.0. The molecule has 0 radical (unpaired) electrons. The Labute approximate surface area is 136 Å². The lowest BCUT2D eigenvalue weighted by Crippen LogP contribution is -2.15. The van der Waals surface area contributed by atoms with Crippen LogP contribution < -0.4 is 10.1 Å². The minimum Gasteiger partial charge on any atom is -0.495 e. The van der Waals surface area contributed by atoms with E-state index in [1.54, 1.807) is 30.5 Å². The zero-order chi connectivity index (χ0) is 16.4. The summed E-state index contributed by atoms with van der Waals surface area (Å²) in [6, 6.07) is 7.83. The third-order valence-electron chi connectivity index (χ3n) is 3.24. The molecular formula is C16H13ClFN3O2. The quantitative estimate of drug-likeness (QED) is 0.797. The average molecular weight is 334 g/mol. The van der Waals surface area contributed by atoms with E-state index in [1.165, 1.54) is 23.8 Å². The van der Waals surface area contributed by atoms with Gasteiger partial charge in [-0.05, 0) is 30.3 Å². The number of rotatable bonds is 4. The summed E-state index contributed by atoms with van der Waals surface area (Å²) in [7, 11) is 1.51. The number of carbonyl (C=O) groups is 1. The van der Waals surface area contributed by atoms with Gasteiger partial charge in [-0.25, -0.2) is 9.37 Å². The van der Waals surface area contributed by atoms with Crippen LogP contribution >= 0.6 is 11.6 Å². The van der Waals surface area contributed by atoms with Crippen LogP contribution in [0.25, 0.3) is 5.65 Å². The predicted octanol–water partition coefficient (Wildman–Crippen LogP) is 3.32. The number of hydrogen-bond donors (Lipinski definition) is 1. The number of anilines is 1. The number of pyridine rings is 1. The Morgan fingerprint density at radius 1 is 1.35 bits per heavy atom. The fourth-order valence-electron chi connectivity index (χ4n) is 2.24. The van der Waals surface area contributed by atoms with Crippen LogP contribution in [-0.4, -0.2) is 22.4 Å². The second-order valence-corrected chi connectivity index (χ2v) is 5.35. The molecule has 0 bridgehead atoms. The van der Waals surface area contributed by atoms with E-state index < -0.39 is 0 Å². The summed E-state index contributed by atoms with van der Waals surface area (Å²) >= 11 is 5.93. The molecule has 2 aromatic heterocycles. The maximum Gasteiger partial charge on any atom is 0.230 e. The van der Waals surface area contributed by atoms with Crippen molar-refractivity contribution in [3.8, 4) is 5.75 Å². The first-order valence-corrected chi connectivity index (χ1v) is 7.19. The summed E-state index contributed by atoms with van der Waals surface area (Å²) in [5.41, 5.74) is 1.60. The number of carbonyl (C=O) groups excluding carboxylic acids is 1. The van der Waals surface area contributed by atoms with Gasteiger partial charge in [0.25, 0.3) is 0 Å². The molecule has 0 aliphatic heterocycles. The van der Waals surface area contributed by atoms with Crippen molar-refractivity contribution < 1.29 is 13.9 Å². The van der Waals surface area contributed by atoms with Crippen LogP contribution in [-0.2, 0) is 11.2 Å². The first-order valence-electron chi connectivity index (χ1n) is 6.81. The number of halogens is 2. The van der Waals surface area contributed by atoms with E-state index in [2.05, 4.69) is 10.3 Å². The molecule has 118 valence electrons. The Kier molecular flexibility index (Phi) is 4.16. The summed E-state index contributed by atoms with van der Waals surface area (Å²) in [5, 5.41) is 3.22. The van der Waals surface area contributed by atoms with Gasteiger partial charge in [-0.2, -0.15) is 0 Å². The van der Waals surface area contributed by atoms with Crippen molar-refractivity contribution in [1.29, 1.82) is 0 Å². The fraction of sp³-hybridized carbons (Fsp3) is 0.125. The first-order chi connectivity index (χ1) is 11.0. The molecule has 1 amide bonds. The summed E-state index contributed by atoms with van der Waals surface area (Å²) in [6.45, 7) is 0. The summed E-state index contributed by atoms with van der Waals surface area (Å²) < 4.78 is 19.9. The van der Waals surface area contributed by atoms with Crippen LogP contribution in [0.2, 0.25) is 5.02 Å². The Balaban J connectivity index is 1.77. The largest absolute Gasteiger partial charge is 0.495 e. The van der Waals surface area contributed by atoms with Gasteiger partial charge in [-0.1, -0.05) is 11.6 Å². The molecular weight excluding hydrogens is 321 g/mol. The van der Waals surface area contributed by atoms with Gasteiger partial charge in [-0.15, -0.1) is 0 Å². The third kappa shape index (κ3) is 3.43. The maximum atomic E-state index is 13.2. The smallest absolute Gasteiger partial charge is 0.230 e. The second kappa shape index (κ2) is 6.26. The number of nitrogens with zero attached hydrogens (tertiary/aromatic N) is 2. The van der Waals surface area contributed by atoms with Crippen molar-refractivity contribution in [2.75, 3.05) is 12.4 Å². The molecule has 1 N–H and O–H groups in total. The topological polar surface area (TPSA) is 55.6 Å². The second-order valence-electron chi connectivity index (χ2n) is 4.91. The Hall–Kier alpha value is -2.60. The van der Waals surface area contributed by atoms with Crippen molar-refractivity contribution in [3.05, 3.63) is 59.3 Å². The molecule has 23 heavy (non-hydrogen) atoms. The molecule has 3 aromatic rings. The van der Waals surface area contributed by atoms with Gasteiger partial charge in [-0.3, -0.25) is 4.79 Å². The molecule has 0 aliphatic rings. The molecule has 0 fully saturated rings. The molecule has 0 saturated heterocycles. The maximum absolute atomic E-state index is 13.2. The molecule has 0 spiro atoms. The number of nitrogens with one attached hydrogen (secondary N) is 1. The standard InChI is InChI=1S/C16H13ClFN3O2/c1-23-14-4-2-10(17)6-13(14)20-16(22)7-12-9-21-8-11(18)3-5-15(21)19-12/h2-6,8-9H,7H2,1H3,(H,20,22). The van der Waals surface area contributed by atoms with E-state index in [1.807, 2.05) is 0 Å². The van der Waals surface area contributed by atoms with E-state index in [4.69, 9.17) is 16.3 Å². The van der Waals surface area contributed by atoms with E-state index >= 15 is 0 Å². The number of methoxy groups -OCH3 is 1. The molecule has 0 aliphatic carbocycles. The van der Waals surface area contributed by atoms with Gasteiger partial charge >= 0.3 is 0 Å². The van der Waals surface area contributed by atoms with E-state index in [0.717, 1.165) is 0 Å². The monoisotopic (exact) mass is 333 g/mol. The molecule has 0 saturated carbocycles. The highest BCUT2D eigenvalue weighted by atomic mass is 35.5. The van der Waals surface area contributed by atoms with Crippen LogP contribution in [0.3, 0.4) is 0 Å². The van der Waals surface area contributed by atoms with Crippen LogP contribution in [0, 0.1) is 5.82 Å². The molecule has 2 heterocycles. The lowest BCUT2D eigenvalue weighted by molar-refractivity contribution is -0.115. The van der Waals surface area contributed by atoms with Crippen LogP contribution in [0.5, 0.6) is 5.75 Å². The number of amides is 1. The van der Waals surface area contributed by atoms with E-state index in [9.17, 15) is 9.18 Å². The SMILES string of the molecule is COc1ccc(Cl)cc1NC(=O)Cc1cn2cc(F)ccc2n1. The van der Waals surface area contributed by atoms with Crippen molar-refractivity contribution in [2.45, 2.75) is 6.42 Å². The van der Waals surface area contributed by atoms with Crippen molar-refractivity contribution in [3.63, 3.8) is 0 Å². The van der Waals surface area contributed by atoms with Crippen LogP contribution in [0.4, 0.5) is 10.1 Å². The Bertz CT molecular complexity index is 879. The number of imidazole rings is 1. The molecule has 7 heteroatoms. The van der Waals surface area contributed by atoms with Crippen molar-refractivity contribution in [2.24, 2.45) is 0 Å². The minimum absolute atomic E-state index is 0.0545. The highest BCUT2D eigenvalue weighted by Crippen LogP contribution is 2.27. The molecule has 0 unspecified atom stereocenters. The highest BCUT2D eigenvalue weighted by molar-refractivity contribution is 6.31. The number of benzene rings is 1. The summed E-state index contributed by atoms with van der Waals surface area (Å²) in [6.07, 6.45) is 2.98. The van der Waals surface area contributed by atoms with Crippen molar-refractivity contribution in [1.82, 2.24) is 9.38 Å².